The number of fused-ring (bicyclic) bond motifs is 1. The van der Waals surface area contributed by atoms with Crippen molar-refractivity contribution in [1.82, 2.24) is 20.2 Å². The topological polar surface area (TPSA) is 116 Å². The summed E-state index contributed by atoms with van der Waals surface area (Å²) in [7, 11) is 3.09. The van der Waals surface area contributed by atoms with Gasteiger partial charge in [0.15, 0.2) is 0 Å². The Morgan fingerprint density at radius 1 is 1.21 bits per heavy atom. The molecule has 0 bridgehead atoms. The van der Waals surface area contributed by atoms with Crippen molar-refractivity contribution in [1.29, 1.82) is 0 Å². The molecule has 3 aromatic rings. The van der Waals surface area contributed by atoms with E-state index in [9.17, 15) is 4.79 Å². The van der Waals surface area contributed by atoms with Crippen LogP contribution in [-0.2, 0) is 4.79 Å². The Balaban J connectivity index is 1.75. The predicted octanol–water partition coefficient (Wildman–Crippen LogP) is 2.52. The van der Waals surface area contributed by atoms with Crippen LogP contribution in [0, 0.1) is 6.92 Å². The molecule has 0 saturated heterocycles. The zero-order valence-electron chi connectivity index (χ0n) is 16.4. The molecule has 150 valence electrons. The van der Waals surface area contributed by atoms with Gasteiger partial charge in [-0.1, -0.05) is 5.10 Å². The van der Waals surface area contributed by atoms with E-state index in [4.69, 9.17) is 13.9 Å². The number of tetrazole rings is 1. The highest BCUT2D eigenvalue weighted by atomic mass is 16.5. The van der Waals surface area contributed by atoms with E-state index in [-0.39, 0.29) is 5.91 Å². The molecule has 10 nitrogen and oxygen atoms in total. The zero-order valence-corrected chi connectivity index (χ0v) is 16.4. The average molecular weight is 396 g/mol. The first-order chi connectivity index (χ1) is 14.0. The van der Waals surface area contributed by atoms with Crippen LogP contribution in [0.1, 0.15) is 24.5 Å². The van der Waals surface area contributed by atoms with Gasteiger partial charge in [-0.3, -0.25) is 4.79 Å². The molecule has 0 fully saturated rings. The second-order valence-corrected chi connectivity index (χ2v) is 6.48. The fourth-order valence-electron chi connectivity index (χ4n) is 3.27. The minimum Gasteiger partial charge on any atom is -0.497 e. The lowest BCUT2D eigenvalue weighted by Gasteiger charge is -2.26. The van der Waals surface area contributed by atoms with E-state index in [1.54, 1.807) is 32.2 Å². The van der Waals surface area contributed by atoms with Crippen molar-refractivity contribution >= 4 is 17.5 Å². The first kappa shape index (κ1) is 18.5. The predicted molar refractivity (Wildman–Crippen MR) is 104 cm³/mol. The highest BCUT2D eigenvalue weighted by Crippen LogP contribution is 2.36. The van der Waals surface area contributed by atoms with Crippen molar-refractivity contribution < 1.29 is 18.7 Å². The summed E-state index contributed by atoms with van der Waals surface area (Å²) < 4.78 is 17.9. The van der Waals surface area contributed by atoms with Gasteiger partial charge in [0.05, 0.1) is 25.5 Å². The standard InChI is InChI=1S/C19H20N6O4/c1-10-5-7-15(29-10)17-16(11(2)20-19-22-23-24-25(17)19)18(26)21-13-9-12(27-3)6-8-14(13)28-4/h5-9,17H,1-4H3,(H,21,26)(H,20,22,24)/t17-/m1/s1. The minimum atomic E-state index is -0.619. The first-order valence-corrected chi connectivity index (χ1v) is 8.87. The molecule has 0 radical (unpaired) electrons. The van der Waals surface area contributed by atoms with E-state index in [2.05, 4.69) is 26.2 Å². The molecule has 1 amide bonds. The molecule has 3 heterocycles. The van der Waals surface area contributed by atoms with Gasteiger partial charge in [-0.2, -0.15) is 4.68 Å². The van der Waals surface area contributed by atoms with Gasteiger partial charge in [-0.05, 0) is 48.5 Å². The summed E-state index contributed by atoms with van der Waals surface area (Å²) >= 11 is 0. The van der Waals surface area contributed by atoms with Crippen LogP contribution in [0.5, 0.6) is 11.5 Å². The van der Waals surface area contributed by atoms with E-state index < -0.39 is 6.04 Å². The summed E-state index contributed by atoms with van der Waals surface area (Å²) in [6, 6.07) is 8.19. The van der Waals surface area contributed by atoms with Crippen molar-refractivity contribution in [2.24, 2.45) is 0 Å². The Morgan fingerprint density at radius 2 is 2.03 bits per heavy atom. The number of aromatic nitrogens is 4. The molecule has 1 atom stereocenters. The molecule has 2 aromatic heterocycles. The number of aryl methyl sites for hydroxylation is 1. The second-order valence-electron chi connectivity index (χ2n) is 6.48. The lowest BCUT2D eigenvalue weighted by atomic mass is 10.00. The van der Waals surface area contributed by atoms with Crippen LogP contribution in [-0.4, -0.2) is 40.3 Å². The van der Waals surface area contributed by atoms with Gasteiger partial charge >= 0.3 is 0 Å². The third-order valence-corrected chi connectivity index (χ3v) is 4.64. The van der Waals surface area contributed by atoms with Crippen molar-refractivity contribution in [2.75, 3.05) is 24.9 Å². The molecular weight excluding hydrogens is 376 g/mol. The molecule has 1 aliphatic heterocycles. The molecule has 29 heavy (non-hydrogen) atoms. The van der Waals surface area contributed by atoms with Gasteiger partial charge in [0.2, 0.25) is 5.95 Å². The number of carbonyl (C=O) groups excluding carboxylic acids is 1. The first-order valence-electron chi connectivity index (χ1n) is 8.87. The summed E-state index contributed by atoms with van der Waals surface area (Å²) in [6.45, 7) is 3.63. The molecule has 0 spiro atoms. The number of rotatable bonds is 5. The van der Waals surface area contributed by atoms with Crippen LogP contribution in [0.25, 0.3) is 0 Å². The zero-order chi connectivity index (χ0) is 20.5. The van der Waals surface area contributed by atoms with Crippen LogP contribution in [0.4, 0.5) is 11.6 Å². The van der Waals surface area contributed by atoms with E-state index in [0.717, 1.165) is 5.76 Å². The van der Waals surface area contributed by atoms with Crippen LogP contribution >= 0.6 is 0 Å². The molecule has 1 aromatic carbocycles. The summed E-state index contributed by atoms with van der Waals surface area (Å²) in [4.78, 5) is 13.3. The molecule has 10 heteroatoms. The monoisotopic (exact) mass is 396 g/mol. The third kappa shape index (κ3) is 3.28. The van der Waals surface area contributed by atoms with Gasteiger partial charge < -0.3 is 24.5 Å². The SMILES string of the molecule is COc1ccc(OC)c(NC(=O)C2=C(C)Nc3nnnn3[C@@H]2c2ccc(C)o2)c1. The number of nitrogens with zero attached hydrogens (tertiary/aromatic N) is 4. The number of hydrogen-bond donors (Lipinski definition) is 2. The van der Waals surface area contributed by atoms with Crippen molar-refractivity contribution in [3.05, 3.63) is 53.1 Å². The smallest absolute Gasteiger partial charge is 0.256 e. The lowest BCUT2D eigenvalue weighted by molar-refractivity contribution is -0.113. The summed E-state index contributed by atoms with van der Waals surface area (Å²) in [5.74, 6) is 2.46. The minimum absolute atomic E-state index is 0.346. The van der Waals surface area contributed by atoms with Crippen LogP contribution in [0.3, 0.4) is 0 Å². The van der Waals surface area contributed by atoms with Gasteiger partial charge in [0.25, 0.3) is 5.91 Å². The van der Waals surface area contributed by atoms with E-state index in [0.29, 0.717) is 40.2 Å². The third-order valence-electron chi connectivity index (χ3n) is 4.64. The normalized spacial score (nSPS) is 15.5. The van der Waals surface area contributed by atoms with Gasteiger partial charge in [0.1, 0.15) is 29.1 Å². The molecule has 1 aliphatic rings. The Kier molecular flexibility index (Phi) is 4.67. The number of methoxy groups -OCH3 is 2. The van der Waals surface area contributed by atoms with E-state index >= 15 is 0 Å². The number of furan rings is 1. The molecule has 0 aliphatic carbocycles. The number of ether oxygens (including phenoxy) is 2. The molecule has 4 rings (SSSR count). The lowest BCUT2D eigenvalue weighted by Crippen LogP contribution is -2.31. The van der Waals surface area contributed by atoms with Crippen molar-refractivity contribution in [2.45, 2.75) is 19.9 Å². The van der Waals surface area contributed by atoms with E-state index in [1.807, 2.05) is 19.1 Å². The molecule has 0 unspecified atom stereocenters. The number of benzene rings is 1. The molecular formula is C19H20N6O4. The number of hydrogen-bond acceptors (Lipinski definition) is 8. The Bertz CT molecular complexity index is 1100. The van der Waals surface area contributed by atoms with Gasteiger partial charge in [-0.25, -0.2) is 0 Å². The summed E-state index contributed by atoms with van der Waals surface area (Å²) in [5, 5.41) is 17.7. The fraction of sp³-hybridized carbons (Fsp3) is 0.263. The number of amides is 1. The quantitative estimate of drug-likeness (QED) is 0.676. The maximum absolute atomic E-state index is 13.3. The largest absolute Gasteiger partial charge is 0.497 e. The maximum atomic E-state index is 13.3. The van der Waals surface area contributed by atoms with Crippen molar-refractivity contribution in [3.63, 3.8) is 0 Å². The number of anilines is 2. The second kappa shape index (κ2) is 7.30. The van der Waals surface area contributed by atoms with Gasteiger partial charge in [0, 0.05) is 11.8 Å². The fourth-order valence-corrected chi connectivity index (χ4v) is 3.27. The van der Waals surface area contributed by atoms with Crippen LogP contribution in [0.15, 0.2) is 46.0 Å². The van der Waals surface area contributed by atoms with Crippen LogP contribution in [0.2, 0.25) is 0 Å². The van der Waals surface area contributed by atoms with Gasteiger partial charge in [-0.15, -0.1) is 0 Å². The van der Waals surface area contributed by atoms with Crippen LogP contribution < -0.4 is 20.1 Å². The molecule has 0 saturated carbocycles. The Hall–Kier alpha value is -3.82. The Labute approximate surface area is 166 Å². The summed E-state index contributed by atoms with van der Waals surface area (Å²) in [5.41, 5.74) is 1.52. The maximum Gasteiger partial charge on any atom is 0.256 e. The average Bonchev–Trinajstić information content (AvgIpc) is 3.35. The summed E-state index contributed by atoms with van der Waals surface area (Å²) in [6.07, 6.45) is 0. The number of nitrogens with one attached hydrogen (secondary N) is 2. The number of carbonyl (C=O) groups is 1. The number of allylic oxidation sites excluding steroid dienone is 1. The molecule has 2 N–H and O–H groups in total. The Morgan fingerprint density at radius 3 is 2.72 bits per heavy atom. The van der Waals surface area contributed by atoms with Crippen molar-refractivity contribution in [3.8, 4) is 11.5 Å². The van der Waals surface area contributed by atoms with E-state index in [1.165, 1.54) is 11.8 Å². The highest BCUT2D eigenvalue weighted by molar-refractivity contribution is 6.06. The highest BCUT2D eigenvalue weighted by Gasteiger charge is 2.36.